The van der Waals surface area contributed by atoms with Crippen molar-refractivity contribution >= 4 is 40.6 Å². The number of hydrogen-bond acceptors (Lipinski definition) is 2. The molecule has 1 atom stereocenters. The van der Waals surface area contributed by atoms with Gasteiger partial charge in [0.1, 0.15) is 5.82 Å². The highest BCUT2D eigenvalue weighted by molar-refractivity contribution is 6.36. The fourth-order valence-corrected chi connectivity index (χ4v) is 1.39. The summed E-state index contributed by atoms with van der Waals surface area (Å²) in [6.45, 7) is 5.88. The van der Waals surface area contributed by atoms with Crippen molar-refractivity contribution in [1.29, 1.82) is 0 Å². The zero-order valence-electron chi connectivity index (χ0n) is 8.81. The van der Waals surface area contributed by atoms with E-state index in [-0.39, 0.29) is 10.9 Å². The molecule has 5 heteroatoms. The van der Waals surface area contributed by atoms with E-state index in [1.165, 1.54) is 0 Å². The van der Waals surface area contributed by atoms with Crippen molar-refractivity contribution in [2.24, 2.45) is 0 Å². The molecule has 2 nitrogen and oxygen atoms in total. The molecule has 0 radical (unpaired) electrons. The lowest BCUT2D eigenvalue weighted by Gasteiger charge is -2.29. The number of hydrogen-bond donors (Lipinski definition) is 1. The molecule has 0 saturated carbocycles. The highest BCUT2D eigenvalue weighted by atomic mass is 35.5. The summed E-state index contributed by atoms with van der Waals surface area (Å²) in [6.07, 6.45) is 1.55. The number of halogens is 3. The van der Waals surface area contributed by atoms with Crippen molar-refractivity contribution in [3.63, 3.8) is 0 Å². The SMILES string of the molecule is CC(Cl)C(C)(C)Nc1ncc(Cl)cc1Cl. The molecule has 0 aliphatic heterocycles. The minimum atomic E-state index is -0.286. The first-order valence-corrected chi connectivity index (χ1v) is 5.75. The van der Waals surface area contributed by atoms with E-state index in [9.17, 15) is 0 Å². The third kappa shape index (κ3) is 3.40. The van der Waals surface area contributed by atoms with E-state index in [1.807, 2.05) is 20.8 Å². The Labute approximate surface area is 105 Å². The standard InChI is InChI=1S/C10H13Cl3N2/c1-6(11)10(2,3)15-9-8(13)4-7(12)5-14-9/h4-6H,1-3H3,(H,14,15). The van der Waals surface area contributed by atoms with Crippen molar-refractivity contribution in [1.82, 2.24) is 4.98 Å². The summed E-state index contributed by atoms with van der Waals surface area (Å²) < 4.78 is 0. The van der Waals surface area contributed by atoms with Crippen molar-refractivity contribution in [2.75, 3.05) is 5.32 Å². The van der Waals surface area contributed by atoms with Gasteiger partial charge in [-0.3, -0.25) is 0 Å². The molecular weight excluding hydrogens is 254 g/mol. The van der Waals surface area contributed by atoms with Crippen LogP contribution in [0.25, 0.3) is 0 Å². The van der Waals surface area contributed by atoms with Gasteiger partial charge in [0.15, 0.2) is 0 Å². The lowest BCUT2D eigenvalue weighted by atomic mass is 10.0. The van der Waals surface area contributed by atoms with Gasteiger partial charge in [-0.15, -0.1) is 11.6 Å². The number of nitrogens with zero attached hydrogens (tertiary/aromatic N) is 1. The first-order chi connectivity index (χ1) is 6.83. The van der Waals surface area contributed by atoms with Crippen LogP contribution in [0.1, 0.15) is 20.8 Å². The van der Waals surface area contributed by atoms with Crippen molar-refractivity contribution in [3.8, 4) is 0 Å². The number of alkyl halides is 1. The molecule has 0 saturated heterocycles. The lowest BCUT2D eigenvalue weighted by Crippen LogP contribution is -2.39. The molecule has 1 aromatic rings. The summed E-state index contributed by atoms with van der Waals surface area (Å²) >= 11 is 17.8. The molecule has 1 aromatic heterocycles. The van der Waals surface area contributed by atoms with Gasteiger partial charge in [-0.05, 0) is 26.8 Å². The van der Waals surface area contributed by atoms with Crippen LogP contribution in [0.3, 0.4) is 0 Å². The fourth-order valence-electron chi connectivity index (χ4n) is 0.911. The highest BCUT2D eigenvalue weighted by Crippen LogP contribution is 2.27. The van der Waals surface area contributed by atoms with Crippen LogP contribution in [0, 0.1) is 0 Å². The van der Waals surface area contributed by atoms with Gasteiger partial charge in [-0.2, -0.15) is 0 Å². The second-order valence-electron chi connectivity index (χ2n) is 3.95. The molecule has 84 valence electrons. The molecule has 1 N–H and O–H groups in total. The van der Waals surface area contributed by atoms with E-state index >= 15 is 0 Å². The Hall–Kier alpha value is -0.180. The van der Waals surface area contributed by atoms with Crippen molar-refractivity contribution in [3.05, 3.63) is 22.3 Å². The van der Waals surface area contributed by atoms with Gasteiger partial charge in [0.2, 0.25) is 0 Å². The van der Waals surface area contributed by atoms with E-state index in [4.69, 9.17) is 34.8 Å². The Morgan fingerprint density at radius 2 is 2.00 bits per heavy atom. The Kier molecular flexibility index (Phi) is 4.10. The maximum absolute atomic E-state index is 6.04. The predicted molar refractivity (Wildman–Crippen MR) is 67.3 cm³/mol. The monoisotopic (exact) mass is 266 g/mol. The van der Waals surface area contributed by atoms with E-state index in [2.05, 4.69) is 10.3 Å². The topological polar surface area (TPSA) is 24.9 Å². The van der Waals surface area contributed by atoms with E-state index in [0.717, 1.165) is 0 Å². The Morgan fingerprint density at radius 1 is 1.40 bits per heavy atom. The van der Waals surface area contributed by atoms with Crippen LogP contribution >= 0.6 is 34.8 Å². The third-order valence-electron chi connectivity index (χ3n) is 2.24. The van der Waals surface area contributed by atoms with Gasteiger partial charge in [0.25, 0.3) is 0 Å². The first kappa shape index (κ1) is 12.9. The molecule has 1 rings (SSSR count). The molecule has 1 heterocycles. The predicted octanol–water partition coefficient (Wildman–Crippen LogP) is 4.21. The fraction of sp³-hybridized carbons (Fsp3) is 0.500. The second kappa shape index (κ2) is 4.77. The van der Waals surface area contributed by atoms with Gasteiger partial charge in [-0.1, -0.05) is 23.2 Å². The first-order valence-electron chi connectivity index (χ1n) is 4.56. The number of rotatable bonds is 3. The zero-order valence-corrected chi connectivity index (χ0v) is 11.1. The van der Waals surface area contributed by atoms with Gasteiger partial charge in [0.05, 0.1) is 15.4 Å². The largest absolute Gasteiger partial charge is 0.362 e. The molecule has 15 heavy (non-hydrogen) atoms. The summed E-state index contributed by atoms with van der Waals surface area (Å²) in [5, 5.41) is 4.14. The van der Waals surface area contributed by atoms with Crippen LogP contribution in [0.4, 0.5) is 5.82 Å². The summed E-state index contributed by atoms with van der Waals surface area (Å²) in [6, 6.07) is 1.65. The molecular formula is C10H13Cl3N2. The quantitative estimate of drug-likeness (QED) is 0.830. The molecule has 0 aromatic carbocycles. The molecule has 0 fully saturated rings. The summed E-state index contributed by atoms with van der Waals surface area (Å²) in [5.74, 6) is 0.596. The number of aromatic nitrogens is 1. The number of nitrogens with one attached hydrogen (secondary N) is 1. The Morgan fingerprint density at radius 3 is 2.47 bits per heavy atom. The van der Waals surface area contributed by atoms with Crippen LogP contribution < -0.4 is 5.32 Å². The van der Waals surface area contributed by atoms with Gasteiger partial charge >= 0.3 is 0 Å². The van der Waals surface area contributed by atoms with Crippen LogP contribution in [0.15, 0.2) is 12.3 Å². The van der Waals surface area contributed by atoms with Crippen molar-refractivity contribution in [2.45, 2.75) is 31.7 Å². The van der Waals surface area contributed by atoms with Gasteiger partial charge in [-0.25, -0.2) is 4.98 Å². The smallest absolute Gasteiger partial charge is 0.145 e. The third-order valence-corrected chi connectivity index (χ3v) is 3.28. The van der Waals surface area contributed by atoms with Crippen molar-refractivity contribution < 1.29 is 0 Å². The van der Waals surface area contributed by atoms with E-state index in [1.54, 1.807) is 12.3 Å². The molecule has 0 aliphatic carbocycles. The van der Waals surface area contributed by atoms with E-state index < -0.39 is 0 Å². The maximum atomic E-state index is 6.04. The summed E-state index contributed by atoms with van der Waals surface area (Å²) in [5.41, 5.74) is -0.286. The minimum absolute atomic E-state index is 0.0500. The Bertz CT molecular complexity index is 351. The lowest BCUT2D eigenvalue weighted by molar-refractivity contribution is 0.552. The molecule has 1 unspecified atom stereocenters. The van der Waals surface area contributed by atoms with E-state index in [0.29, 0.717) is 15.9 Å². The highest BCUT2D eigenvalue weighted by Gasteiger charge is 2.25. The molecule has 0 spiro atoms. The minimum Gasteiger partial charge on any atom is -0.362 e. The number of pyridine rings is 1. The summed E-state index contributed by atoms with van der Waals surface area (Å²) in [4.78, 5) is 4.11. The van der Waals surface area contributed by atoms with Crippen LogP contribution in [-0.2, 0) is 0 Å². The van der Waals surface area contributed by atoms with Gasteiger partial charge in [0, 0.05) is 11.7 Å². The average Bonchev–Trinajstić information content (AvgIpc) is 2.09. The molecule has 0 aliphatic rings. The molecule has 0 amide bonds. The zero-order chi connectivity index (χ0) is 11.6. The second-order valence-corrected chi connectivity index (χ2v) is 5.44. The summed E-state index contributed by atoms with van der Waals surface area (Å²) in [7, 11) is 0. The Balaban J connectivity index is 2.90. The average molecular weight is 268 g/mol. The maximum Gasteiger partial charge on any atom is 0.145 e. The van der Waals surface area contributed by atoms with Crippen LogP contribution in [0.5, 0.6) is 0 Å². The number of anilines is 1. The van der Waals surface area contributed by atoms with Gasteiger partial charge < -0.3 is 5.32 Å². The molecule has 0 bridgehead atoms. The van der Waals surface area contributed by atoms with Crippen LogP contribution in [0.2, 0.25) is 10.0 Å². The normalized spacial score (nSPS) is 13.7. The van der Waals surface area contributed by atoms with Crippen LogP contribution in [-0.4, -0.2) is 15.9 Å².